The van der Waals surface area contributed by atoms with Gasteiger partial charge in [0.2, 0.25) is 5.91 Å². The molecule has 104 valence electrons. The van der Waals surface area contributed by atoms with E-state index in [0.717, 1.165) is 6.54 Å². The Kier molecular flexibility index (Phi) is 4.00. The van der Waals surface area contributed by atoms with Gasteiger partial charge < -0.3 is 4.90 Å². The highest BCUT2D eigenvalue weighted by molar-refractivity contribution is 5.80. The van der Waals surface area contributed by atoms with Crippen molar-refractivity contribution in [3.05, 3.63) is 0 Å². The molecule has 0 radical (unpaired) electrons. The fourth-order valence-corrected chi connectivity index (χ4v) is 3.06. The van der Waals surface area contributed by atoms with Crippen molar-refractivity contribution in [1.29, 1.82) is 0 Å². The van der Waals surface area contributed by atoms with Crippen molar-refractivity contribution in [1.82, 2.24) is 10.2 Å². The smallest absolute Gasteiger partial charge is 0.237 e. The number of carbonyl (C=O) groups is 1. The summed E-state index contributed by atoms with van der Waals surface area (Å²) in [5.41, 5.74) is 0.193. The third-order valence-electron chi connectivity index (χ3n) is 5.11. The highest BCUT2D eigenvalue weighted by Gasteiger charge is 2.40. The predicted octanol–water partition coefficient (Wildman–Crippen LogP) is 2.62. The van der Waals surface area contributed by atoms with E-state index in [0.29, 0.717) is 30.5 Å². The van der Waals surface area contributed by atoms with Crippen molar-refractivity contribution in [3.8, 4) is 0 Å². The molecule has 2 fully saturated rings. The molecular weight excluding hydrogens is 224 g/mol. The molecule has 1 atom stereocenters. The topological polar surface area (TPSA) is 32.3 Å². The number of carbonyl (C=O) groups excluding carboxylic acids is 1. The first-order valence-corrected chi connectivity index (χ1v) is 7.44. The average Bonchev–Trinajstić information content (AvgIpc) is 2.89. The molecule has 1 amide bonds. The van der Waals surface area contributed by atoms with Crippen LogP contribution in [0.25, 0.3) is 0 Å². The number of nitrogens with zero attached hydrogens (tertiary/aromatic N) is 1. The van der Waals surface area contributed by atoms with Crippen LogP contribution >= 0.6 is 0 Å². The summed E-state index contributed by atoms with van der Waals surface area (Å²) in [6.07, 6.45) is 5.53. The second-order valence-electron chi connectivity index (χ2n) is 7.04. The molecule has 0 aromatic rings. The Morgan fingerprint density at radius 1 is 1.33 bits per heavy atom. The number of amides is 1. The molecule has 3 nitrogen and oxygen atoms in total. The SMILES string of the molecule is CC(C)C(C)(C)CN1C(=O)CNC1C1CCCC1. The van der Waals surface area contributed by atoms with Crippen LogP contribution in [0.2, 0.25) is 0 Å². The summed E-state index contributed by atoms with van der Waals surface area (Å²) in [4.78, 5) is 14.2. The Labute approximate surface area is 111 Å². The van der Waals surface area contributed by atoms with E-state index in [1.165, 1.54) is 25.7 Å². The Morgan fingerprint density at radius 2 is 1.94 bits per heavy atom. The summed E-state index contributed by atoms with van der Waals surface area (Å²) in [5.74, 6) is 1.56. The molecule has 1 unspecified atom stereocenters. The first-order valence-electron chi connectivity index (χ1n) is 7.44. The van der Waals surface area contributed by atoms with Crippen molar-refractivity contribution in [2.45, 2.75) is 59.5 Å². The van der Waals surface area contributed by atoms with Gasteiger partial charge in [-0.1, -0.05) is 40.5 Å². The monoisotopic (exact) mass is 252 g/mol. The maximum atomic E-state index is 12.1. The van der Waals surface area contributed by atoms with E-state index in [1.807, 2.05) is 0 Å². The molecule has 2 rings (SSSR count). The van der Waals surface area contributed by atoms with Crippen molar-refractivity contribution in [2.24, 2.45) is 17.3 Å². The van der Waals surface area contributed by atoms with Gasteiger partial charge in [-0.15, -0.1) is 0 Å². The Bertz CT molecular complexity index is 306. The Morgan fingerprint density at radius 3 is 2.50 bits per heavy atom. The molecule has 1 heterocycles. The molecule has 0 bridgehead atoms. The van der Waals surface area contributed by atoms with Gasteiger partial charge in [0, 0.05) is 6.54 Å². The molecule has 3 heteroatoms. The summed E-state index contributed by atoms with van der Waals surface area (Å²) in [7, 11) is 0. The minimum absolute atomic E-state index is 0.193. The van der Waals surface area contributed by atoms with E-state index in [-0.39, 0.29) is 5.41 Å². The minimum atomic E-state index is 0.193. The van der Waals surface area contributed by atoms with Gasteiger partial charge in [0.15, 0.2) is 0 Å². The van der Waals surface area contributed by atoms with E-state index >= 15 is 0 Å². The van der Waals surface area contributed by atoms with Crippen LogP contribution in [0.1, 0.15) is 53.4 Å². The van der Waals surface area contributed by atoms with E-state index in [4.69, 9.17) is 0 Å². The predicted molar refractivity (Wildman–Crippen MR) is 74.1 cm³/mol. The van der Waals surface area contributed by atoms with Crippen molar-refractivity contribution in [3.63, 3.8) is 0 Å². The van der Waals surface area contributed by atoms with Gasteiger partial charge in [0.05, 0.1) is 12.7 Å². The summed E-state index contributed by atoms with van der Waals surface area (Å²) >= 11 is 0. The zero-order valence-electron chi connectivity index (χ0n) is 12.3. The van der Waals surface area contributed by atoms with Crippen LogP contribution in [-0.2, 0) is 4.79 Å². The summed E-state index contributed by atoms with van der Waals surface area (Å²) in [6, 6.07) is 0. The second-order valence-corrected chi connectivity index (χ2v) is 7.04. The highest BCUT2D eigenvalue weighted by Crippen LogP contribution is 2.34. The molecule has 1 aliphatic heterocycles. The second kappa shape index (κ2) is 5.20. The Balaban J connectivity index is 2.05. The maximum absolute atomic E-state index is 12.1. The zero-order valence-corrected chi connectivity index (χ0v) is 12.3. The fourth-order valence-electron chi connectivity index (χ4n) is 3.06. The Hall–Kier alpha value is -0.570. The molecule has 1 saturated heterocycles. The molecule has 0 aromatic carbocycles. The molecule has 0 spiro atoms. The van der Waals surface area contributed by atoms with Crippen LogP contribution in [0, 0.1) is 17.3 Å². The largest absolute Gasteiger partial charge is 0.325 e. The molecule has 1 N–H and O–H groups in total. The third kappa shape index (κ3) is 2.71. The minimum Gasteiger partial charge on any atom is -0.325 e. The first kappa shape index (κ1) is 13.9. The van der Waals surface area contributed by atoms with Gasteiger partial charge in [-0.25, -0.2) is 0 Å². The van der Waals surface area contributed by atoms with Crippen molar-refractivity contribution >= 4 is 5.91 Å². The lowest BCUT2D eigenvalue weighted by atomic mass is 9.80. The molecule has 2 aliphatic rings. The first-order chi connectivity index (χ1) is 8.42. The molecule has 0 aromatic heterocycles. The van der Waals surface area contributed by atoms with Crippen LogP contribution < -0.4 is 5.32 Å². The van der Waals surface area contributed by atoms with Crippen LogP contribution in [0.15, 0.2) is 0 Å². The van der Waals surface area contributed by atoms with E-state index < -0.39 is 0 Å². The quantitative estimate of drug-likeness (QED) is 0.834. The molecular formula is C15H28N2O. The van der Waals surface area contributed by atoms with Crippen molar-refractivity contribution < 1.29 is 4.79 Å². The summed E-state index contributed by atoms with van der Waals surface area (Å²) in [6.45, 7) is 10.5. The van der Waals surface area contributed by atoms with Crippen LogP contribution in [0.3, 0.4) is 0 Å². The van der Waals surface area contributed by atoms with Gasteiger partial charge in [0.25, 0.3) is 0 Å². The van der Waals surface area contributed by atoms with Crippen molar-refractivity contribution in [2.75, 3.05) is 13.1 Å². The average molecular weight is 252 g/mol. The normalized spacial score (nSPS) is 26.6. The van der Waals surface area contributed by atoms with E-state index in [9.17, 15) is 4.79 Å². The lowest BCUT2D eigenvalue weighted by molar-refractivity contribution is -0.130. The molecule has 18 heavy (non-hydrogen) atoms. The molecule has 1 saturated carbocycles. The van der Waals surface area contributed by atoms with Gasteiger partial charge >= 0.3 is 0 Å². The number of rotatable bonds is 4. The molecule has 1 aliphatic carbocycles. The highest BCUT2D eigenvalue weighted by atomic mass is 16.2. The fraction of sp³-hybridized carbons (Fsp3) is 0.933. The van der Waals surface area contributed by atoms with Gasteiger partial charge in [-0.2, -0.15) is 0 Å². The van der Waals surface area contributed by atoms with Crippen LogP contribution in [0.4, 0.5) is 0 Å². The van der Waals surface area contributed by atoms with E-state index in [2.05, 4.69) is 37.9 Å². The van der Waals surface area contributed by atoms with Gasteiger partial charge in [0.1, 0.15) is 0 Å². The third-order valence-corrected chi connectivity index (χ3v) is 5.11. The van der Waals surface area contributed by atoms with E-state index in [1.54, 1.807) is 0 Å². The van der Waals surface area contributed by atoms with Crippen LogP contribution in [-0.4, -0.2) is 30.1 Å². The zero-order chi connectivity index (χ0) is 13.3. The van der Waals surface area contributed by atoms with Gasteiger partial charge in [-0.05, 0) is 30.1 Å². The lowest BCUT2D eigenvalue weighted by Gasteiger charge is -2.38. The van der Waals surface area contributed by atoms with Gasteiger partial charge in [-0.3, -0.25) is 10.1 Å². The number of hydrogen-bond acceptors (Lipinski definition) is 2. The standard InChI is InChI=1S/C15H28N2O/c1-11(2)15(3,4)10-17-13(18)9-16-14(17)12-7-5-6-8-12/h11-12,14,16H,5-10H2,1-4H3. The number of hydrogen-bond donors (Lipinski definition) is 1. The number of nitrogens with one attached hydrogen (secondary N) is 1. The summed E-state index contributed by atoms with van der Waals surface area (Å²) < 4.78 is 0. The van der Waals surface area contributed by atoms with Crippen LogP contribution in [0.5, 0.6) is 0 Å². The summed E-state index contributed by atoms with van der Waals surface area (Å²) in [5, 5.41) is 3.44. The maximum Gasteiger partial charge on any atom is 0.237 e. The lowest BCUT2D eigenvalue weighted by Crippen LogP contribution is -2.47.